The zero-order chi connectivity index (χ0) is 24.8. The summed E-state index contributed by atoms with van der Waals surface area (Å²) in [4.78, 5) is 10.8. The van der Waals surface area contributed by atoms with E-state index in [2.05, 4.69) is 10.2 Å². The van der Waals surface area contributed by atoms with Gasteiger partial charge < -0.3 is 15.3 Å². The summed E-state index contributed by atoms with van der Waals surface area (Å²) < 4.78 is 27.2. The molecule has 0 spiro atoms. The van der Waals surface area contributed by atoms with Crippen LogP contribution in [0.1, 0.15) is 43.9 Å². The van der Waals surface area contributed by atoms with E-state index in [1.807, 2.05) is 13.8 Å². The molecule has 0 aliphatic carbocycles. The van der Waals surface area contributed by atoms with Crippen LogP contribution in [0.4, 0.5) is 8.78 Å². The van der Waals surface area contributed by atoms with Gasteiger partial charge in [-0.1, -0.05) is 38.1 Å². The summed E-state index contributed by atoms with van der Waals surface area (Å²) in [5.74, 6) is -2.02. The van der Waals surface area contributed by atoms with Crippen molar-refractivity contribution in [1.29, 1.82) is 0 Å². The first-order valence-electron chi connectivity index (χ1n) is 10.8. The van der Waals surface area contributed by atoms with Crippen molar-refractivity contribution in [3.8, 4) is 22.4 Å². The molecular weight excluding hydrogens is 442 g/mol. The average molecular weight is 469 g/mol. The minimum Gasteiger partial charge on any atom is -0.481 e. The molecule has 2 unspecified atom stereocenters. The van der Waals surface area contributed by atoms with E-state index >= 15 is 0 Å². The highest BCUT2D eigenvalue weighted by atomic mass is 19.1. The van der Waals surface area contributed by atoms with Crippen molar-refractivity contribution in [2.75, 3.05) is 0 Å². The number of hydrogen-bond donors (Lipinski definition) is 3. The Hall–Kier alpha value is -3.49. The fourth-order valence-electron chi connectivity index (χ4n) is 3.63. The van der Waals surface area contributed by atoms with Crippen LogP contribution in [0.5, 0.6) is 0 Å². The van der Waals surface area contributed by atoms with Gasteiger partial charge in [-0.3, -0.25) is 4.79 Å². The zero-order valence-electron chi connectivity index (χ0n) is 18.8. The number of aliphatic carboxylic acids is 1. The number of aliphatic hydroxyl groups excluding tert-OH is 2. The molecule has 0 radical (unpaired) electrons. The molecule has 1 heterocycles. The van der Waals surface area contributed by atoms with Gasteiger partial charge >= 0.3 is 5.97 Å². The van der Waals surface area contributed by atoms with E-state index in [0.29, 0.717) is 33.6 Å². The van der Waals surface area contributed by atoms with Gasteiger partial charge in [0.1, 0.15) is 17.3 Å². The Morgan fingerprint density at radius 2 is 1.50 bits per heavy atom. The molecule has 0 aliphatic heterocycles. The third-order valence-electron chi connectivity index (χ3n) is 5.25. The Labute approximate surface area is 196 Å². The largest absolute Gasteiger partial charge is 0.481 e. The maximum absolute atomic E-state index is 13.7. The maximum Gasteiger partial charge on any atom is 0.305 e. The number of carbonyl (C=O) groups is 1. The predicted octanol–water partition coefficient (Wildman–Crippen LogP) is 4.81. The normalized spacial score (nSPS) is 13.4. The summed E-state index contributed by atoms with van der Waals surface area (Å²) in [5, 5.41) is 37.8. The number of nitrogens with zero attached hydrogens (tertiary/aromatic N) is 2. The monoisotopic (exact) mass is 468 g/mol. The van der Waals surface area contributed by atoms with E-state index in [-0.39, 0.29) is 12.3 Å². The van der Waals surface area contributed by atoms with Crippen LogP contribution in [0.2, 0.25) is 0 Å². The number of rotatable bonds is 9. The number of aromatic nitrogens is 2. The highest BCUT2D eigenvalue weighted by molar-refractivity contribution is 5.87. The van der Waals surface area contributed by atoms with Gasteiger partial charge in [0.25, 0.3) is 0 Å². The first-order chi connectivity index (χ1) is 16.2. The molecule has 0 amide bonds. The number of hydrogen-bond acceptors (Lipinski definition) is 5. The fraction of sp³-hybridized carbons (Fsp3) is 0.269. The van der Waals surface area contributed by atoms with Gasteiger partial charge in [0.15, 0.2) is 0 Å². The molecule has 2 aromatic carbocycles. The van der Waals surface area contributed by atoms with Crippen LogP contribution in [-0.2, 0) is 4.79 Å². The van der Waals surface area contributed by atoms with Crippen LogP contribution in [-0.4, -0.2) is 43.7 Å². The highest BCUT2D eigenvalue weighted by Crippen LogP contribution is 2.37. The quantitative estimate of drug-likeness (QED) is 0.416. The van der Waals surface area contributed by atoms with Crippen molar-refractivity contribution in [1.82, 2.24) is 10.2 Å². The molecule has 178 valence electrons. The zero-order valence-corrected chi connectivity index (χ0v) is 18.8. The standard InChI is InChI=1S/C26H26F2N2O4/c1-15(2)25-22(12-11-20(31)13-21(32)14-23(33)34)24(16-3-7-18(27)8-4-16)26(30-29-25)17-5-9-19(28)10-6-17/h3-12,15,20-21,31-32H,13-14H2,1-2H3,(H,33,34). The lowest BCUT2D eigenvalue weighted by atomic mass is 9.90. The second-order valence-electron chi connectivity index (χ2n) is 8.30. The Balaban J connectivity index is 2.15. The summed E-state index contributed by atoms with van der Waals surface area (Å²) in [6.45, 7) is 3.86. The smallest absolute Gasteiger partial charge is 0.305 e. The molecular formula is C26H26F2N2O4. The molecule has 6 nitrogen and oxygen atoms in total. The molecule has 3 rings (SSSR count). The fourth-order valence-corrected chi connectivity index (χ4v) is 3.63. The average Bonchev–Trinajstić information content (AvgIpc) is 2.77. The molecule has 0 saturated heterocycles. The van der Waals surface area contributed by atoms with Crippen LogP contribution in [0.25, 0.3) is 28.5 Å². The Bertz CT molecular complexity index is 1160. The van der Waals surface area contributed by atoms with Crippen molar-refractivity contribution >= 4 is 12.0 Å². The van der Waals surface area contributed by atoms with E-state index < -0.39 is 36.2 Å². The second kappa shape index (κ2) is 11.1. The summed E-state index contributed by atoms with van der Waals surface area (Å²) in [7, 11) is 0. The second-order valence-corrected chi connectivity index (χ2v) is 8.30. The lowest BCUT2D eigenvalue weighted by molar-refractivity contribution is -0.139. The molecule has 0 saturated carbocycles. The number of halogens is 2. The van der Waals surface area contributed by atoms with Gasteiger partial charge in [0.2, 0.25) is 0 Å². The predicted molar refractivity (Wildman–Crippen MR) is 125 cm³/mol. The van der Waals surface area contributed by atoms with E-state index in [4.69, 9.17) is 5.11 Å². The van der Waals surface area contributed by atoms with Crippen LogP contribution < -0.4 is 0 Å². The Morgan fingerprint density at radius 3 is 2.03 bits per heavy atom. The van der Waals surface area contributed by atoms with E-state index in [0.717, 1.165) is 0 Å². The summed E-state index contributed by atoms with van der Waals surface area (Å²) in [6, 6.07) is 11.6. The van der Waals surface area contributed by atoms with Crippen LogP contribution in [0, 0.1) is 11.6 Å². The molecule has 1 aromatic heterocycles. The van der Waals surface area contributed by atoms with Crippen molar-refractivity contribution in [3.05, 3.63) is 77.5 Å². The molecule has 34 heavy (non-hydrogen) atoms. The lowest BCUT2D eigenvalue weighted by Gasteiger charge is -2.18. The van der Waals surface area contributed by atoms with Gasteiger partial charge in [0.05, 0.1) is 24.3 Å². The van der Waals surface area contributed by atoms with E-state index in [1.54, 1.807) is 30.3 Å². The number of carboxylic acid groups (broad SMARTS) is 1. The third kappa shape index (κ3) is 6.30. The SMILES string of the molecule is CC(C)c1nnc(-c2ccc(F)cc2)c(-c2ccc(F)cc2)c1C=CC(O)CC(O)CC(=O)O. The Kier molecular flexibility index (Phi) is 8.20. The van der Waals surface area contributed by atoms with Crippen molar-refractivity contribution in [2.45, 2.75) is 44.8 Å². The van der Waals surface area contributed by atoms with Gasteiger partial charge in [-0.05, 0) is 47.9 Å². The maximum atomic E-state index is 13.7. The topological polar surface area (TPSA) is 104 Å². The van der Waals surface area contributed by atoms with Crippen LogP contribution >= 0.6 is 0 Å². The molecule has 0 bridgehead atoms. The number of benzene rings is 2. The molecule has 3 N–H and O–H groups in total. The summed E-state index contributed by atoms with van der Waals surface area (Å²) in [6.07, 6.45) is 0.147. The molecule has 3 aromatic rings. The van der Waals surface area contributed by atoms with Crippen molar-refractivity contribution in [3.63, 3.8) is 0 Å². The first-order valence-corrected chi connectivity index (χ1v) is 10.8. The third-order valence-corrected chi connectivity index (χ3v) is 5.25. The number of carboxylic acids is 1. The lowest BCUT2D eigenvalue weighted by Crippen LogP contribution is -2.19. The van der Waals surface area contributed by atoms with Gasteiger partial charge in [-0.25, -0.2) is 8.78 Å². The molecule has 0 aliphatic rings. The first kappa shape index (κ1) is 25.1. The summed E-state index contributed by atoms with van der Waals surface area (Å²) >= 11 is 0. The van der Waals surface area contributed by atoms with Gasteiger partial charge in [-0.2, -0.15) is 5.10 Å². The van der Waals surface area contributed by atoms with E-state index in [1.165, 1.54) is 30.3 Å². The molecule has 2 atom stereocenters. The highest BCUT2D eigenvalue weighted by Gasteiger charge is 2.20. The van der Waals surface area contributed by atoms with Crippen molar-refractivity contribution < 1.29 is 28.9 Å². The number of aliphatic hydroxyl groups is 2. The van der Waals surface area contributed by atoms with Crippen LogP contribution in [0.15, 0.2) is 54.6 Å². The van der Waals surface area contributed by atoms with Crippen molar-refractivity contribution in [2.24, 2.45) is 0 Å². The van der Waals surface area contributed by atoms with Crippen LogP contribution in [0.3, 0.4) is 0 Å². The minimum absolute atomic E-state index is 0.0524. The van der Waals surface area contributed by atoms with Gasteiger partial charge in [0, 0.05) is 23.1 Å². The van der Waals surface area contributed by atoms with E-state index in [9.17, 15) is 23.8 Å². The van der Waals surface area contributed by atoms with Gasteiger partial charge in [-0.15, -0.1) is 5.10 Å². The minimum atomic E-state index is -1.20. The summed E-state index contributed by atoms with van der Waals surface area (Å²) in [5.41, 5.74) is 3.59. The Morgan fingerprint density at radius 1 is 0.941 bits per heavy atom. The molecule has 0 fully saturated rings. The molecule has 8 heteroatoms.